The van der Waals surface area contributed by atoms with Crippen LogP contribution in [0.3, 0.4) is 0 Å². The molecule has 3 unspecified atom stereocenters. The highest BCUT2D eigenvalue weighted by molar-refractivity contribution is 4.95. The van der Waals surface area contributed by atoms with Gasteiger partial charge in [0.1, 0.15) is 0 Å². The Bertz CT molecular complexity index is 217. The zero-order chi connectivity index (χ0) is 13.4. The van der Waals surface area contributed by atoms with Crippen LogP contribution in [0.5, 0.6) is 0 Å². The van der Waals surface area contributed by atoms with Gasteiger partial charge in [-0.05, 0) is 38.6 Å². The maximum absolute atomic E-state index is 9.46. The van der Waals surface area contributed by atoms with Crippen LogP contribution in [0.4, 0.5) is 0 Å². The molecule has 0 aromatic heterocycles. The normalized spacial score (nSPS) is 29.7. The Morgan fingerprint density at radius 3 is 2.72 bits per heavy atom. The summed E-state index contributed by atoms with van der Waals surface area (Å²) in [6.45, 7) is 5.61. The number of hydrogen-bond donors (Lipinski definition) is 2. The molecule has 0 bridgehead atoms. The second kappa shape index (κ2) is 8.13. The lowest BCUT2D eigenvalue weighted by Gasteiger charge is -2.26. The molecule has 0 amide bonds. The number of rotatable bonds is 9. The third-order valence-electron chi connectivity index (χ3n) is 4.51. The van der Waals surface area contributed by atoms with E-state index in [1.165, 1.54) is 25.7 Å². The van der Waals surface area contributed by atoms with E-state index in [-0.39, 0.29) is 12.1 Å². The molecular weight excluding hydrogens is 226 g/mol. The topological polar surface area (TPSA) is 41.5 Å². The second-order valence-corrected chi connectivity index (χ2v) is 5.80. The first-order chi connectivity index (χ1) is 8.69. The highest BCUT2D eigenvalue weighted by Gasteiger charge is 2.37. The SMILES string of the molecule is CCCCC(CC)COC1CCC(CO)(NC)C1. The summed E-state index contributed by atoms with van der Waals surface area (Å²) in [4.78, 5) is 0. The number of unbranched alkanes of at least 4 members (excludes halogenated alkanes) is 1. The Morgan fingerprint density at radius 1 is 1.44 bits per heavy atom. The van der Waals surface area contributed by atoms with Gasteiger partial charge in [-0.25, -0.2) is 0 Å². The van der Waals surface area contributed by atoms with Crippen LogP contribution in [0.25, 0.3) is 0 Å². The Morgan fingerprint density at radius 2 is 2.22 bits per heavy atom. The molecule has 0 heterocycles. The molecule has 2 N–H and O–H groups in total. The van der Waals surface area contributed by atoms with Crippen molar-refractivity contribution in [3.8, 4) is 0 Å². The van der Waals surface area contributed by atoms with Crippen LogP contribution in [-0.4, -0.2) is 37.0 Å². The second-order valence-electron chi connectivity index (χ2n) is 5.80. The van der Waals surface area contributed by atoms with E-state index in [1.54, 1.807) is 0 Å². The van der Waals surface area contributed by atoms with Crippen LogP contribution in [0.1, 0.15) is 58.8 Å². The molecule has 0 radical (unpaired) electrons. The minimum atomic E-state index is -0.0875. The van der Waals surface area contributed by atoms with Crippen molar-refractivity contribution in [3.05, 3.63) is 0 Å². The fourth-order valence-corrected chi connectivity index (χ4v) is 2.84. The smallest absolute Gasteiger partial charge is 0.0614 e. The number of likely N-dealkylation sites (N-methyl/N-ethyl adjacent to an activating group) is 1. The summed E-state index contributed by atoms with van der Waals surface area (Å²) in [7, 11) is 1.94. The molecule has 1 aliphatic rings. The van der Waals surface area contributed by atoms with E-state index in [2.05, 4.69) is 19.2 Å². The van der Waals surface area contributed by atoms with Crippen LogP contribution in [0.15, 0.2) is 0 Å². The predicted molar refractivity (Wildman–Crippen MR) is 75.8 cm³/mol. The first-order valence-electron chi connectivity index (χ1n) is 7.61. The first-order valence-corrected chi connectivity index (χ1v) is 7.61. The maximum Gasteiger partial charge on any atom is 0.0614 e. The molecule has 3 nitrogen and oxygen atoms in total. The minimum absolute atomic E-state index is 0.0875. The van der Waals surface area contributed by atoms with Gasteiger partial charge < -0.3 is 15.2 Å². The van der Waals surface area contributed by atoms with Gasteiger partial charge in [-0.2, -0.15) is 0 Å². The first kappa shape index (κ1) is 15.9. The van der Waals surface area contributed by atoms with Crippen LogP contribution in [-0.2, 0) is 4.74 Å². The average Bonchev–Trinajstić information content (AvgIpc) is 2.83. The summed E-state index contributed by atoms with van der Waals surface area (Å²) in [5.41, 5.74) is -0.0875. The Hall–Kier alpha value is -0.120. The number of aliphatic hydroxyl groups excluding tert-OH is 1. The molecule has 0 aromatic rings. The molecule has 0 aliphatic heterocycles. The fraction of sp³-hybridized carbons (Fsp3) is 1.00. The number of hydrogen-bond acceptors (Lipinski definition) is 3. The van der Waals surface area contributed by atoms with Crippen molar-refractivity contribution in [2.24, 2.45) is 5.92 Å². The highest BCUT2D eigenvalue weighted by Crippen LogP contribution is 2.31. The van der Waals surface area contributed by atoms with Crippen molar-refractivity contribution < 1.29 is 9.84 Å². The number of ether oxygens (including phenoxy) is 1. The van der Waals surface area contributed by atoms with Crippen molar-refractivity contribution in [1.82, 2.24) is 5.32 Å². The summed E-state index contributed by atoms with van der Waals surface area (Å²) in [6, 6.07) is 0. The molecule has 0 spiro atoms. The Balaban J connectivity index is 2.27. The standard InChI is InChI=1S/C15H31NO2/c1-4-6-7-13(5-2)11-18-14-8-9-15(10-14,12-17)16-3/h13-14,16-17H,4-12H2,1-3H3. The molecule has 108 valence electrons. The lowest BCUT2D eigenvalue weighted by atomic mass is 9.99. The van der Waals surface area contributed by atoms with Gasteiger partial charge in [-0.15, -0.1) is 0 Å². The third kappa shape index (κ3) is 4.52. The van der Waals surface area contributed by atoms with Crippen LogP contribution in [0, 0.1) is 5.92 Å². The fourth-order valence-electron chi connectivity index (χ4n) is 2.84. The largest absolute Gasteiger partial charge is 0.394 e. The van der Waals surface area contributed by atoms with Gasteiger partial charge in [-0.3, -0.25) is 0 Å². The monoisotopic (exact) mass is 257 g/mol. The minimum Gasteiger partial charge on any atom is -0.394 e. The lowest BCUT2D eigenvalue weighted by Crippen LogP contribution is -2.44. The summed E-state index contributed by atoms with van der Waals surface area (Å²) in [5.74, 6) is 0.712. The lowest BCUT2D eigenvalue weighted by molar-refractivity contribution is 0.0224. The Labute approximate surface area is 112 Å². The van der Waals surface area contributed by atoms with Gasteiger partial charge in [0.2, 0.25) is 0 Å². The van der Waals surface area contributed by atoms with Crippen molar-refractivity contribution in [3.63, 3.8) is 0 Å². The van der Waals surface area contributed by atoms with Gasteiger partial charge >= 0.3 is 0 Å². The van der Waals surface area contributed by atoms with Gasteiger partial charge in [0.25, 0.3) is 0 Å². The molecule has 3 heteroatoms. The van der Waals surface area contributed by atoms with Gasteiger partial charge in [0.15, 0.2) is 0 Å². The van der Waals surface area contributed by atoms with Crippen molar-refractivity contribution in [2.45, 2.75) is 70.4 Å². The van der Waals surface area contributed by atoms with Crippen LogP contribution >= 0.6 is 0 Å². The molecule has 1 rings (SSSR count). The summed E-state index contributed by atoms with van der Waals surface area (Å²) < 4.78 is 6.06. The Kier molecular flexibility index (Phi) is 7.20. The third-order valence-corrected chi connectivity index (χ3v) is 4.51. The quantitative estimate of drug-likeness (QED) is 0.667. The van der Waals surface area contributed by atoms with E-state index in [1.807, 2.05) is 7.05 Å². The summed E-state index contributed by atoms with van der Waals surface area (Å²) in [5, 5.41) is 12.7. The molecule has 0 aromatic carbocycles. The molecule has 0 saturated heterocycles. The highest BCUT2D eigenvalue weighted by atomic mass is 16.5. The molecular formula is C15H31NO2. The summed E-state index contributed by atoms with van der Waals surface area (Å²) >= 11 is 0. The summed E-state index contributed by atoms with van der Waals surface area (Å²) in [6.07, 6.45) is 8.46. The van der Waals surface area contributed by atoms with E-state index >= 15 is 0 Å². The van der Waals surface area contributed by atoms with Gasteiger partial charge in [0, 0.05) is 12.1 Å². The zero-order valence-corrected chi connectivity index (χ0v) is 12.4. The molecule has 1 aliphatic carbocycles. The average molecular weight is 257 g/mol. The van der Waals surface area contributed by atoms with Gasteiger partial charge in [-0.1, -0.05) is 33.1 Å². The zero-order valence-electron chi connectivity index (χ0n) is 12.4. The van der Waals surface area contributed by atoms with Gasteiger partial charge in [0.05, 0.1) is 12.7 Å². The van der Waals surface area contributed by atoms with Crippen LogP contribution < -0.4 is 5.32 Å². The molecule has 1 saturated carbocycles. The van der Waals surface area contributed by atoms with E-state index in [0.717, 1.165) is 25.9 Å². The maximum atomic E-state index is 9.46. The van der Waals surface area contributed by atoms with E-state index in [9.17, 15) is 5.11 Å². The predicted octanol–water partition coefficient (Wildman–Crippen LogP) is 2.72. The number of nitrogens with one attached hydrogen (secondary N) is 1. The van der Waals surface area contributed by atoms with Crippen LogP contribution in [0.2, 0.25) is 0 Å². The van der Waals surface area contributed by atoms with Crippen molar-refractivity contribution in [2.75, 3.05) is 20.3 Å². The van der Waals surface area contributed by atoms with E-state index in [0.29, 0.717) is 12.0 Å². The van der Waals surface area contributed by atoms with Crippen molar-refractivity contribution in [1.29, 1.82) is 0 Å². The van der Waals surface area contributed by atoms with Crippen molar-refractivity contribution >= 4 is 0 Å². The van der Waals surface area contributed by atoms with E-state index in [4.69, 9.17) is 4.74 Å². The molecule has 18 heavy (non-hydrogen) atoms. The molecule has 1 fully saturated rings. The van der Waals surface area contributed by atoms with E-state index < -0.39 is 0 Å². The molecule has 3 atom stereocenters. The number of aliphatic hydroxyl groups is 1.